The maximum absolute atomic E-state index is 11.0. The van der Waals surface area contributed by atoms with Crippen LogP contribution in [0.1, 0.15) is 26.7 Å². The maximum atomic E-state index is 11.0. The molecule has 0 radical (unpaired) electrons. The summed E-state index contributed by atoms with van der Waals surface area (Å²) in [5.74, 6) is 0.164. The summed E-state index contributed by atoms with van der Waals surface area (Å²) in [6, 6.07) is 0.223. The quantitative estimate of drug-likeness (QED) is 0.520. The molecule has 1 amide bonds. The van der Waals surface area contributed by atoms with Gasteiger partial charge in [0.1, 0.15) is 0 Å². The van der Waals surface area contributed by atoms with E-state index < -0.39 is 0 Å². The Morgan fingerprint density at radius 1 is 1.82 bits per heavy atom. The van der Waals surface area contributed by atoms with E-state index in [-0.39, 0.29) is 11.9 Å². The second-order valence-electron chi connectivity index (χ2n) is 2.80. The van der Waals surface area contributed by atoms with Gasteiger partial charge in [-0.15, -0.1) is 0 Å². The topological polar surface area (TPSA) is 20.3 Å². The van der Waals surface area contributed by atoms with Crippen LogP contribution in [0.25, 0.3) is 0 Å². The first kappa shape index (κ1) is 8.22. The average molecular weight is 152 g/mol. The van der Waals surface area contributed by atoms with Crippen molar-refractivity contribution in [2.45, 2.75) is 32.7 Å². The Morgan fingerprint density at radius 2 is 2.55 bits per heavy atom. The Bertz CT molecular complexity index is 174. The molecular formula is C9H14NO+. The second-order valence-corrected chi connectivity index (χ2v) is 2.80. The van der Waals surface area contributed by atoms with Gasteiger partial charge in [-0.3, -0.25) is 9.69 Å². The highest BCUT2D eigenvalue weighted by Gasteiger charge is 2.28. The summed E-state index contributed by atoms with van der Waals surface area (Å²) in [6.45, 7) is 4.56. The Hall–Kier alpha value is -0.880. The third-order valence-electron chi connectivity index (χ3n) is 1.99. The van der Waals surface area contributed by atoms with Crippen LogP contribution in [0, 0.1) is 6.08 Å². The number of hydrogen-bond donors (Lipinski definition) is 0. The fraction of sp³-hybridized carbons (Fsp3) is 0.667. The highest BCUT2D eigenvalue weighted by atomic mass is 16.2. The molecular weight excluding hydrogens is 138 g/mol. The molecule has 0 unspecified atom stereocenters. The zero-order valence-electron chi connectivity index (χ0n) is 7.13. The molecule has 60 valence electrons. The first-order valence-corrected chi connectivity index (χ1v) is 4.10. The molecule has 0 saturated heterocycles. The van der Waals surface area contributed by atoms with Crippen molar-refractivity contribution in [1.82, 2.24) is 4.90 Å². The van der Waals surface area contributed by atoms with Crippen molar-refractivity contribution < 1.29 is 4.79 Å². The summed E-state index contributed by atoms with van der Waals surface area (Å²) in [6.07, 6.45) is 7.14. The molecule has 0 spiro atoms. The molecule has 2 nitrogen and oxygen atoms in total. The monoisotopic (exact) mass is 152 g/mol. The van der Waals surface area contributed by atoms with E-state index in [2.05, 4.69) is 13.0 Å². The molecule has 0 aromatic rings. The molecule has 0 aromatic carbocycles. The summed E-state index contributed by atoms with van der Waals surface area (Å²) >= 11 is 0. The van der Waals surface area contributed by atoms with E-state index in [1.54, 1.807) is 6.92 Å². The van der Waals surface area contributed by atoms with Crippen LogP contribution in [0.2, 0.25) is 0 Å². The van der Waals surface area contributed by atoms with Crippen molar-refractivity contribution in [2.75, 3.05) is 6.54 Å². The number of hydrogen-bond acceptors (Lipinski definition) is 1. The molecule has 0 fully saturated rings. The molecule has 1 heterocycles. The Balaban J connectivity index is 2.63. The van der Waals surface area contributed by atoms with E-state index in [1.165, 1.54) is 0 Å². The first-order chi connectivity index (χ1) is 5.25. The highest BCUT2D eigenvalue weighted by Crippen LogP contribution is 2.11. The van der Waals surface area contributed by atoms with Crippen molar-refractivity contribution in [3.8, 4) is 0 Å². The summed E-state index contributed by atoms with van der Waals surface area (Å²) < 4.78 is 0. The van der Waals surface area contributed by atoms with Gasteiger partial charge in [0.15, 0.2) is 6.08 Å². The van der Waals surface area contributed by atoms with Gasteiger partial charge < -0.3 is 0 Å². The van der Waals surface area contributed by atoms with E-state index in [0.717, 1.165) is 19.4 Å². The lowest BCUT2D eigenvalue weighted by molar-refractivity contribution is -0.130. The molecule has 1 rings (SSSR count). The Morgan fingerprint density at radius 3 is 3.00 bits per heavy atom. The summed E-state index contributed by atoms with van der Waals surface area (Å²) in [4.78, 5) is 12.9. The van der Waals surface area contributed by atoms with Crippen molar-refractivity contribution in [3.05, 3.63) is 12.2 Å². The van der Waals surface area contributed by atoms with Crippen molar-refractivity contribution in [2.24, 2.45) is 0 Å². The molecule has 0 aliphatic carbocycles. The minimum Gasteiger partial charge on any atom is -0.293 e. The molecule has 0 bridgehead atoms. The van der Waals surface area contributed by atoms with Crippen LogP contribution in [0.5, 0.6) is 0 Å². The Kier molecular flexibility index (Phi) is 2.61. The number of carbonyl (C=O) groups is 1. The van der Waals surface area contributed by atoms with E-state index in [1.807, 2.05) is 11.0 Å². The highest BCUT2D eigenvalue weighted by molar-refractivity contribution is 5.73. The fourth-order valence-corrected chi connectivity index (χ4v) is 1.38. The van der Waals surface area contributed by atoms with Crippen molar-refractivity contribution in [1.29, 1.82) is 0 Å². The van der Waals surface area contributed by atoms with Crippen LogP contribution in [-0.2, 0) is 4.79 Å². The van der Waals surface area contributed by atoms with Gasteiger partial charge in [-0.05, 0) is 0 Å². The van der Waals surface area contributed by atoms with E-state index in [0.29, 0.717) is 0 Å². The molecule has 1 aliphatic rings. The second kappa shape index (κ2) is 3.49. The van der Waals surface area contributed by atoms with Crippen LogP contribution >= 0.6 is 0 Å². The zero-order valence-corrected chi connectivity index (χ0v) is 7.13. The van der Waals surface area contributed by atoms with Crippen molar-refractivity contribution in [3.63, 3.8) is 0 Å². The first-order valence-electron chi connectivity index (χ1n) is 4.10. The zero-order chi connectivity index (χ0) is 8.27. The largest absolute Gasteiger partial charge is 0.293 e. The predicted octanol–water partition coefficient (Wildman–Crippen LogP) is 1.38. The SMILES string of the molecule is CC[C@H]1[C+]=CCCN1C(C)=O. The fourth-order valence-electron chi connectivity index (χ4n) is 1.38. The third kappa shape index (κ3) is 1.78. The normalized spacial score (nSPS) is 23.1. The van der Waals surface area contributed by atoms with E-state index in [4.69, 9.17) is 0 Å². The van der Waals surface area contributed by atoms with Crippen LogP contribution in [-0.4, -0.2) is 23.4 Å². The lowest BCUT2D eigenvalue weighted by Crippen LogP contribution is -2.40. The van der Waals surface area contributed by atoms with Crippen LogP contribution in [0.4, 0.5) is 0 Å². The summed E-state index contributed by atoms with van der Waals surface area (Å²) in [5.41, 5.74) is 0. The molecule has 1 atom stereocenters. The van der Waals surface area contributed by atoms with E-state index >= 15 is 0 Å². The molecule has 2 heteroatoms. The van der Waals surface area contributed by atoms with Crippen molar-refractivity contribution >= 4 is 5.91 Å². The van der Waals surface area contributed by atoms with Gasteiger partial charge in [0.2, 0.25) is 12.0 Å². The molecule has 0 aromatic heterocycles. The number of rotatable bonds is 1. The van der Waals surface area contributed by atoms with Gasteiger partial charge >= 0.3 is 0 Å². The van der Waals surface area contributed by atoms with Crippen LogP contribution in [0.3, 0.4) is 0 Å². The molecule has 11 heavy (non-hydrogen) atoms. The van der Waals surface area contributed by atoms with Crippen LogP contribution < -0.4 is 0 Å². The minimum atomic E-state index is 0.164. The number of nitrogens with zero attached hydrogens (tertiary/aromatic N) is 1. The van der Waals surface area contributed by atoms with Gasteiger partial charge in [0.25, 0.3) is 6.04 Å². The minimum absolute atomic E-state index is 0.164. The summed E-state index contributed by atoms with van der Waals surface area (Å²) in [5, 5.41) is 0. The molecule has 0 N–H and O–H groups in total. The third-order valence-corrected chi connectivity index (χ3v) is 1.99. The van der Waals surface area contributed by atoms with Gasteiger partial charge in [0, 0.05) is 26.3 Å². The lowest BCUT2D eigenvalue weighted by Gasteiger charge is -2.21. The summed E-state index contributed by atoms with van der Waals surface area (Å²) in [7, 11) is 0. The van der Waals surface area contributed by atoms with Gasteiger partial charge in [-0.2, -0.15) is 0 Å². The van der Waals surface area contributed by atoms with Gasteiger partial charge in [-0.1, -0.05) is 6.92 Å². The average Bonchev–Trinajstić information content (AvgIpc) is 2.04. The lowest BCUT2D eigenvalue weighted by atomic mass is 10.1. The Labute approximate surface area is 67.9 Å². The predicted molar refractivity (Wildman–Crippen MR) is 43.9 cm³/mol. The number of amides is 1. The molecule has 0 saturated carbocycles. The maximum Gasteiger partial charge on any atom is 0.250 e. The van der Waals surface area contributed by atoms with Crippen LogP contribution in [0.15, 0.2) is 6.08 Å². The number of carbonyl (C=O) groups excluding carboxylic acids is 1. The molecule has 1 aliphatic heterocycles. The van der Waals surface area contributed by atoms with Gasteiger partial charge in [-0.25, -0.2) is 0 Å². The smallest absolute Gasteiger partial charge is 0.250 e. The van der Waals surface area contributed by atoms with Gasteiger partial charge in [0.05, 0.1) is 0 Å². The standard InChI is InChI=1S/C9H14NO/c1-3-9-6-4-5-7-10(9)8(2)11/h4,9H,3,5,7H2,1-2H3/q+1/t9-/m0/s1. The van der Waals surface area contributed by atoms with E-state index in [9.17, 15) is 4.79 Å².